The first kappa shape index (κ1) is 15.3. The number of sulfonamides is 1. The Hall–Kier alpha value is -1.13. The van der Waals surface area contributed by atoms with Crippen LogP contribution in [0.2, 0.25) is 5.02 Å². The molecular formula is C13H15ClN2O3S. The van der Waals surface area contributed by atoms with Gasteiger partial charge in [-0.25, -0.2) is 8.42 Å². The Morgan fingerprint density at radius 1 is 1.50 bits per heavy atom. The maximum Gasteiger partial charge on any atom is 0.244 e. The fourth-order valence-electron chi connectivity index (χ4n) is 2.08. The molecule has 20 heavy (non-hydrogen) atoms. The lowest BCUT2D eigenvalue weighted by molar-refractivity contribution is 0.0752. The highest BCUT2D eigenvalue weighted by molar-refractivity contribution is 7.89. The lowest BCUT2D eigenvalue weighted by Crippen LogP contribution is -2.36. The van der Waals surface area contributed by atoms with Crippen molar-refractivity contribution in [3.63, 3.8) is 0 Å². The minimum absolute atomic E-state index is 0.0210. The molecule has 7 heteroatoms. The fourth-order valence-corrected chi connectivity index (χ4v) is 4.14. The van der Waals surface area contributed by atoms with Gasteiger partial charge in [-0.1, -0.05) is 11.6 Å². The van der Waals surface area contributed by atoms with Crippen LogP contribution in [-0.4, -0.2) is 38.5 Å². The van der Waals surface area contributed by atoms with E-state index in [0.29, 0.717) is 19.6 Å². The summed E-state index contributed by atoms with van der Waals surface area (Å²) < 4.78 is 32.1. The van der Waals surface area contributed by atoms with Gasteiger partial charge in [0, 0.05) is 19.7 Å². The van der Waals surface area contributed by atoms with Crippen LogP contribution in [0.25, 0.3) is 0 Å². The first-order chi connectivity index (χ1) is 9.45. The van der Waals surface area contributed by atoms with E-state index >= 15 is 0 Å². The highest BCUT2D eigenvalue weighted by Crippen LogP contribution is 2.26. The molecule has 1 aromatic rings. The summed E-state index contributed by atoms with van der Waals surface area (Å²) in [5, 5.41) is 9.02. The van der Waals surface area contributed by atoms with Crippen molar-refractivity contribution in [2.45, 2.75) is 24.3 Å². The molecule has 0 aromatic heterocycles. The molecule has 1 aliphatic heterocycles. The molecule has 5 nitrogen and oxygen atoms in total. The third-order valence-electron chi connectivity index (χ3n) is 3.09. The predicted octanol–water partition coefficient (Wildman–Crippen LogP) is 2.01. The molecule has 108 valence electrons. The number of hydrogen-bond acceptors (Lipinski definition) is 4. The number of nitriles is 1. The van der Waals surface area contributed by atoms with Gasteiger partial charge in [-0.15, -0.1) is 0 Å². The summed E-state index contributed by atoms with van der Waals surface area (Å²) in [5.41, 5.74) is 0.270. The number of benzene rings is 1. The number of halogens is 1. The molecule has 1 heterocycles. The lowest BCUT2D eigenvalue weighted by Gasteiger charge is -2.22. The van der Waals surface area contributed by atoms with Gasteiger partial charge in [0.25, 0.3) is 0 Å². The standard InChI is InChI=1S/C13H15ClN2O3S/c1-10-9-16(5-2-6-19-10)20(17,18)13-7-11(8-15)3-4-12(13)14/h3-4,7,10H,2,5-6,9H2,1H3. The van der Waals surface area contributed by atoms with Gasteiger partial charge in [0.05, 0.1) is 22.8 Å². The molecule has 0 bridgehead atoms. The lowest BCUT2D eigenvalue weighted by atomic mass is 10.2. The van der Waals surface area contributed by atoms with Gasteiger partial charge >= 0.3 is 0 Å². The highest BCUT2D eigenvalue weighted by Gasteiger charge is 2.29. The SMILES string of the molecule is CC1CN(S(=O)(=O)c2cc(C#N)ccc2Cl)CCCO1. The number of hydrogen-bond donors (Lipinski definition) is 0. The minimum atomic E-state index is -3.71. The molecule has 0 amide bonds. The third kappa shape index (κ3) is 3.13. The second-order valence-electron chi connectivity index (χ2n) is 4.66. The van der Waals surface area contributed by atoms with E-state index in [-0.39, 0.29) is 28.1 Å². The number of ether oxygens (including phenoxy) is 1. The van der Waals surface area contributed by atoms with E-state index in [1.165, 1.54) is 22.5 Å². The van der Waals surface area contributed by atoms with E-state index in [1.54, 1.807) is 0 Å². The second kappa shape index (κ2) is 6.10. The molecule has 1 atom stereocenters. The largest absolute Gasteiger partial charge is 0.377 e. The first-order valence-electron chi connectivity index (χ1n) is 6.26. The van der Waals surface area contributed by atoms with Crippen LogP contribution in [0, 0.1) is 11.3 Å². The molecular weight excluding hydrogens is 300 g/mol. The second-order valence-corrected chi connectivity index (χ2v) is 6.97. The third-order valence-corrected chi connectivity index (χ3v) is 5.44. The van der Waals surface area contributed by atoms with Crippen LogP contribution in [0.4, 0.5) is 0 Å². The Bertz CT molecular complexity index is 640. The van der Waals surface area contributed by atoms with Crippen molar-refractivity contribution in [3.05, 3.63) is 28.8 Å². The van der Waals surface area contributed by atoms with E-state index in [0.717, 1.165) is 0 Å². The molecule has 1 aromatic carbocycles. The first-order valence-corrected chi connectivity index (χ1v) is 8.08. The Morgan fingerprint density at radius 2 is 2.25 bits per heavy atom. The number of nitrogens with zero attached hydrogens (tertiary/aromatic N) is 2. The predicted molar refractivity (Wildman–Crippen MR) is 75.0 cm³/mol. The van der Waals surface area contributed by atoms with Crippen LogP contribution in [0.1, 0.15) is 18.9 Å². The topological polar surface area (TPSA) is 70.4 Å². The van der Waals surface area contributed by atoms with Crippen LogP contribution < -0.4 is 0 Å². The Labute approximate surface area is 123 Å². The van der Waals surface area contributed by atoms with Crippen molar-refractivity contribution in [1.82, 2.24) is 4.31 Å². The summed E-state index contributed by atoms with van der Waals surface area (Å²) in [5.74, 6) is 0. The fraction of sp³-hybridized carbons (Fsp3) is 0.462. The zero-order chi connectivity index (χ0) is 14.8. The smallest absolute Gasteiger partial charge is 0.244 e. The van der Waals surface area contributed by atoms with Crippen molar-refractivity contribution in [1.29, 1.82) is 5.26 Å². The molecule has 0 spiro atoms. The van der Waals surface area contributed by atoms with E-state index in [2.05, 4.69) is 0 Å². The summed E-state index contributed by atoms with van der Waals surface area (Å²) >= 11 is 5.99. The van der Waals surface area contributed by atoms with Crippen LogP contribution >= 0.6 is 11.6 Å². The van der Waals surface area contributed by atoms with E-state index in [4.69, 9.17) is 21.6 Å². The average Bonchev–Trinajstić information content (AvgIpc) is 2.64. The monoisotopic (exact) mass is 314 g/mol. The molecule has 0 N–H and O–H groups in total. The molecule has 1 saturated heterocycles. The van der Waals surface area contributed by atoms with Gasteiger partial charge in [0.2, 0.25) is 10.0 Å². The quantitative estimate of drug-likeness (QED) is 0.837. The van der Waals surface area contributed by atoms with Gasteiger partial charge in [0.1, 0.15) is 4.90 Å². The van der Waals surface area contributed by atoms with Crippen LogP contribution in [-0.2, 0) is 14.8 Å². The average molecular weight is 315 g/mol. The van der Waals surface area contributed by atoms with Crippen LogP contribution in [0.3, 0.4) is 0 Å². The molecule has 0 saturated carbocycles. The van der Waals surface area contributed by atoms with Crippen molar-refractivity contribution >= 4 is 21.6 Å². The summed E-state index contributed by atoms with van der Waals surface area (Å²) in [4.78, 5) is -0.0210. The van der Waals surface area contributed by atoms with Crippen molar-refractivity contribution in [2.75, 3.05) is 19.7 Å². The summed E-state index contributed by atoms with van der Waals surface area (Å²) in [7, 11) is -3.71. The molecule has 1 fully saturated rings. The maximum atomic E-state index is 12.7. The van der Waals surface area contributed by atoms with Gasteiger partial charge in [-0.05, 0) is 31.5 Å². The van der Waals surface area contributed by atoms with E-state index in [1.807, 2.05) is 13.0 Å². The Kier molecular flexibility index (Phi) is 4.66. The molecule has 2 rings (SSSR count). The summed E-state index contributed by atoms with van der Waals surface area (Å²) in [6.45, 7) is 3.05. The van der Waals surface area contributed by atoms with Crippen LogP contribution in [0.15, 0.2) is 23.1 Å². The highest BCUT2D eigenvalue weighted by atomic mass is 35.5. The minimum Gasteiger partial charge on any atom is -0.377 e. The summed E-state index contributed by atoms with van der Waals surface area (Å²) in [6, 6.07) is 6.17. The molecule has 1 unspecified atom stereocenters. The van der Waals surface area contributed by atoms with Crippen LogP contribution in [0.5, 0.6) is 0 Å². The van der Waals surface area contributed by atoms with Gasteiger partial charge in [0.15, 0.2) is 0 Å². The molecule has 1 aliphatic rings. The summed E-state index contributed by atoms with van der Waals surface area (Å²) in [6.07, 6.45) is 0.476. The van der Waals surface area contributed by atoms with Crippen molar-refractivity contribution in [2.24, 2.45) is 0 Å². The van der Waals surface area contributed by atoms with Crippen molar-refractivity contribution < 1.29 is 13.2 Å². The zero-order valence-corrected chi connectivity index (χ0v) is 12.6. The van der Waals surface area contributed by atoms with Gasteiger partial charge in [-0.2, -0.15) is 9.57 Å². The van der Waals surface area contributed by atoms with Gasteiger partial charge in [-0.3, -0.25) is 0 Å². The van der Waals surface area contributed by atoms with E-state index < -0.39 is 10.0 Å². The van der Waals surface area contributed by atoms with Crippen molar-refractivity contribution in [3.8, 4) is 6.07 Å². The molecule has 0 radical (unpaired) electrons. The Morgan fingerprint density at radius 3 is 2.95 bits per heavy atom. The normalized spacial score (nSPS) is 21.1. The molecule has 0 aliphatic carbocycles. The maximum absolute atomic E-state index is 12.7. The van der Waals surface area contributed by atoms with E-state index in [9.17, 15) is 8.42 Å². The number of rotatable bonds is 2. The Balaban J connectivity index is 2.41. The zero-order valence-electron chi connectivity index (χ0n) is 11.0. The van der Waals surface area contributed by atoms with Gasteiger partial charge < -0.3 is 4.74 Å².